The van der Waals surface area contributed by atoms with E-state index in [4.69, 9.17) is 16.9 Å². The highest BCUT2D eigenvalue weighted by Crippen LogP contribution is 2.30. The lowest BCUT2D eigenvalue weighted by Crippen LogP contribution is -2.27. The quantitative estimate of drug-likeness (QED) is 0.247. The number of esters is 1. The number of hydrogen-bond acceptors (Lipinski definition) is 8. The molecule has 10 heteroatoms. The normalized spacial score (nSPS) is 10.5. The Kier molecular flexibility index (Phi) is 8.06. The number of methoxy groups -OCH3 is 1. The summed E-state index contributed by atoms with van der Waals surface area (Å²) in [6, 6.07) is 13.1. The molecule has 0 aliphatic carbocycles. The number of nitro groups is 1. The number of nitrogens with zero attached hydrogens (tertiary/aromatic N) is 5. The first-order valence-electron chi connectivity index (χ1n) is 8.59. The van der Waals surface area contributed by atoms with E-state index in [0.29, 0.717) is 30.9 Å². The number of nitro benzene ring substituents is 1. The number of hydrogen-bond donors (Lipinski definition) is 0. The van der Waals surface area contributed by atoms with Crippen molar-refractivity contribution in [2.45, 2.75) is 12.8 Å². The molecule has 2 aromatic rings. The van der Waals surface area contributed by atoms with Crippen molar-refractivity contribution in [2.24, 2.45) is 10.2 Å². The van der Waals surface area contributed by atoms with Gasteiger partial charge in [-0.15, -0.1) is 5.11 Å². The van der Waals surface area contributed by atoms with Gasteiger partial charge in [-0.3, -0.25) is 14.9 Å². The number of rotatable bonds is 9. The molecule has 0 saturated carbocycles. The molecule has 0 spiro atoms. The van der Waals surface area contributed by atoms with Crippen molar-refractivity contribution in [2.75, 3.05) is 25.1 Å². The number of halogens is 1. The standard InChI is InChI=1S/C19H18ClN5O4/c1-29-19(26)9-12-24(11-2-10-21)15-5-3-14(4-6-15)22-23-18-8-7-16(25(27)28)13-17(18)20/h3-8,13H,2,9,11-12H2,1H3. The summed E-state index contributed by atoms with van der Waals surface area (Å²) in [6.07, 6.45) is 0.531. The van der Waals surface area contributed by atoms with Gasteiger partial charge in [-0.1, -0.05) is 11.6 Å². The number of carbonyl (C=O) groups is 1. The van der Waals surface area contributed by atoms with E-state index in [1.54, 1.807) is 24.3 Å². The first-order chi connectivity index (χ1) is 13.9. The summed E-state index contributed by atoms with van der Waals surface area (Å²) in [5.74, 6) is -0.322. The van der Waals surface area contributed by atoms with Crippen LogP contribution in [0.4, 0.5) is 22.7 Å². The van der Waals surface area contributed by atoms with Crippen molar-refractivity contribution in [1.82, 2.24) is 0 Å². The molecular weight excluding hydrogens is 398 g/mol. The third-order valence-corrected chi connectivity index (χ3v) is 4.24. The van der Waals surface area contributed by atoms with E-state index in [1.165, 1.54) is 25.3 Å². The molecule has 0 saturated heterocycles. The maximum Gasteiger partial charge on any atom is 0.307 e. The number of azo groups is 1. The molecule has 9 nitrogen and oxygen atoms in total. The molecule has 0 radical (unpaired) electrons. The van der Waals surface area contributed by atoms with Crippen LogP contribution in [0.1, 0.15) is 12.8 Å². The van der Waals surface area contributed by atoms with Gasteiger partial charge in [0.05, 0.1) is 41.7 Å². The largest absolute Gasteiger partial charge is 0.469 e. The molecule has 0 amide bonds. The van der Waals surface area contributed by atoms with Gasteiger partial charge in [0.1, 0.15) is 5.69 Å². The minimum Gasteiger partial charge on any atom is -0.469 e. The zero-order valence-corrected chi connectivity index (χ0v) is 16.4. The highest BCUT2D eigenvalue weighted by Gasteiger charge is 2.11. The first-order valence-corrected chi connectivity index (χ1v) is 8.97. The molecule has 0 aliphatic rings. The molecule has 2 rings (SSSR count). The fourth-order valence-corrected chi connectivity index (χ4v) is 2.63. The van der Waals surface area contributed by atoms with Crippen molar-refractivity contribution in [3.8, 4) is 6.07 Å². The third kappa shape index (κ3) is 6.55. The lowest BCUT2D eigenvalue weighted by molar-refractivity contribution is -0.384. The Morgan fingerprint density at radius 2 is 1.97 bits per heavy atom. The van der Waals surface area contributed by atoms with E-state index < -0.39 is 4.92 Å². The Bertz CT molecular complexity index is 941. The van der Waals surface area contributed by atoms with Crippen molar-refractivity contribution in [3.63, 3.8) is 0 Å². The second kappa shape index (κ2) is 10.7. The van der Waals surface area contributed by atoms with Crippen LogP contribution in [0.15, 0.2) is 52.7 Å². The minimum atomic E-state index is -0.538. The van der Waals surface area contributed by atoms with Gasteiger partial charge in [-0.25, -0.2) is 0 Å². The average Bonchev–Trinajstić information content (AvgIpc) is 2.73. The summed E-state index contributed by atoms with van der Waals surface area (Å²) in [7, 11) is 1.33. The van der Waals surface area contributed by atoms with Crippen LogP contribution in [-0.2, 0) is 9.53 Å². The fraction of sp³-hybridized carbons (Fsp3) is 0.263. The summed E-state index contributed by atoms with van der Waals surface area (Å²) in [6.45, 7) is 0.903. The maximum atomic E-state index is 11.4. The van der Waals surface area contributed by atoms with Gasteiger partial charge in [-0.05, 0) is 30.3 Å². The first kappa shape index (κ1) is 21.8. The highest BCUT2D eigenvalue weighted by atomic mass is 35.5. The van der Waals surface area contributed by atoms with Crippen molar-refractivity contribution in [1.29, 1.82) is 5.26 Å². The second-order valence-corrected chi connectivity index (χ2v) is 6.24. The van der Waals surface area contributed by atoms with Crippen LogP contribution in [0, 0.1) is 21.4 Å². The Hall–Kier alpha value is -3.51. The van der Waals surface area contributed by atoms with Gasteiger partial charge in [0, 0.05) is 30.9 Å². The Morgan fingerprint density at radius 3 is 2.55 bits per heavy atom. The van der Waals surface area contributed by atoms with Gasteiger partial charge >= 0.3 is 5.97 Å². The van der Waals surface area contributed by atoms with Crippen LogP contribution < -0.4 is 4.90 Å². The van der Waals surface area contributed by atoms with Gasteiger partial charge in [0.25, 0.3) is 5.69 Å². The molecule has 0 fully saturated rings. The molecule has 0 aliphatic heterocycles. The van der Waals surface area contributed by atoms with Crippen LogP contribution in [0.25, 0.3) is 0 Å². The van der Waals surface area contributed by atoms with E-state index in [1.807, 2.05) is 4.90 Å². The molecule has 2 aromatic carbocycles. The summed E-state index contributed by atoms with van der Waals surface area (Å²) in [5, 5.41) is 27.8. The van der Waals surface area contributed by atoms with Crippen LogP contribution in [0.3, 0.4) is 0 Å². The van der Waals surface area contributed by atoms with E-state index in [0.717, 1.165) is 5.69 Å². The minimum absolute atomic E-state index is 0.122. The van der Waals surface area contributed by atoms with Crippen molar-refractivity contribution >= 4 is 40.3 Å². The Balaban J connectivity index is 2.11. The van der Waals surface area contributed by atoms with Gasteiger partial charge < -0.3 is 9.64 Å². The Morgan fingerprint density at radius 1 is 1.24 bits per heavy atom. The molecular formula is C19H18ClN5O4. The predicted octanol–water partition coefficient (Wildman–Crippen LogP) is 4.95. The number of benzene rings is 2. The average molecular weight is 416 g/mol. The molecule has 0 N–H and O–H groups in total. The zero-order chi connectivity index (χ0) is 21.2. The van der Waals surface area contributed by atoms with Crippen LogP contribution in [-0.4, -0.2) is 31.1 Å². The van der Waals surface area contributed by atoms with E-state index in [2.05, 4.69) is 21.0 Å². The van der Waals surface area contributed by atoms with E-state index >= 15 is 0 Å². The summed E-state index contributed by atoms with van der Waals surface area (Å²) < 4.78 is 4.66. The second-order valence-electron chi connectivity index (χ2n) is 5.83. The number of nitriles is 1. The van der Waals surface area contributed by atoms with Crippen LogP contribution in [0.2, 0.25) is 5.02 Å². The molecule has 0 unspecified atom stereocenters. The smallest absolute Gasteiger partial charge is 0.307 e. The van der Waals surface area contributed by atoms with Crippen molar-refractivity contribution in [3.05, 3.63) is 57.6 Å². The van der Waals surface area contributed by atoms with Crippen LogP contribution >= 0.6 is 11.6 Å². The molecule has 29 heavy (non-hydrogen) atoms. The van der Waals surface area contributed by atoms with Gasteiger partial charge in [-0.2, -0.15) is 10.4 Å². The fourth-order valence-electron chi connectivity index (χ4n) is 2.42. The lowest BCUT2D eigenvalue weighted by Gasteiger charge is -2.23. The molecule has 150 valence electrons. The van der Waals surface area contributed by atoms with E-state index in [-0.39, 0.29) is 23.1 Å². The molecule has 0 atom stereocenters. The summed E-state index contributed by atoms with van der Waals surface area (Å²) in [5.41, 5.74) is 1.57. The number of anilines is 1. The summed E-state index contributed by atoms with van der Waals surface area (Å²) >= 11 is 6.00. The number of ether oxygens (including phenoxy) is 1. The van der Waals surface area contributed by atoms with E-state index in [9.17, 15) is 14.9 Å². The predicted molar refractivity (Wildman–Crippen MR) is 108 cm³/mol. The molecule has 0 aromatic heterocycles. The highest BCUT2D eigenvalue weighted by molar-refractivity contribution is 6.33. The van der Waals surface area contributed by atoms with Gasteiger partial charge in [0.2, 0.25) is 0 Å². The third-order valence-electron chi connectivity index (χ3n) is 3.94. The number of non-ortho nitro benzene ring substituents is 1. The van der Waals surface area contributed by atoms with Crippen LogP contribution in [0.5, 0.6) is 0 Å². The zero-order valence-electron chi connectivity index (χ0n) is 15.6. The SMILES string of the molecule is COC(=O)CCN(CCC#N)c1ccc(N=Nc2ccc([N+](=O)[O-])cc2Cl)cc1. The van der Waals surface area contributed by atoms with Gasteiger partial charge in [0.15, 0.2) is 0 Å². The van der Waals surface area contributed by atoms with Crippen molar-refractivity contribution < 1.29 is 14.5 Å². The Labute approximate surface area is 172 Å². The molecule has 0 bridgehead atoms. The maximum absolute atomic E-state index is 11.4. The summed E-state index contributed by atoms with van der Waals surface area (Å²) in [4.78, 5) is 23.5. The number of carbonyl (C=O) groups excluding carboxylic acids is 1. The lowest BCUT2D eigenvalue weighted by atomic mass is 10.2. The molecule has 0 heterocycles. The topological polar surface area (TPSA) is 121 Å². The monoisotopic (exact) mass is 415 g/mol.